The average Bonchev–Trinajstić information content (AvgIpc) is 2.62. The van der Waals surface area contributed by atoms with Crippen LogP contribution in [0.1, 0.15) is 38.8 Å². The largest absolute Gasteiger partial charge is 0.453 e. The lowest BCUT2D eigenvalue weighted by Gasteiger charge is -2.13. The van der Waals surface area contributed by atoms with Crippen LogP contribution in [0.4, 0.5) is 0 Å². The van der Waals surface area contributed by atoms with Crippen LogP contribution in [0.2, 0.25) is 0 Å². The van der Waals surface area contributed by atoms with Gasteiger partial charge >= 0.3 is 5.97 Å². The third kappa shape index (κ3) is 5.26. The fourth-order valence-corrected chi connectivity index (χ4v) is 2.54. The highest BCUT2D eigenvalue weighted by atomic mass is 79.9. The van der Waals surface area contributed by atoms with Crippen molar-refractivity contribution >= 4 is 33.6 Å². The maximum Gasteiger partial charge on any atom is 0.326 e. The molecule has 0 aromatic heterocycles. The van der Waals surface area contributed by atoms with Gasteiger partial charge in [-0.05, 0) is 62.2 Å². The van der Waals surface area contributed by atoms with Crippen molar-refractivity contribution in [1.29, 1.82) is 0 Å². The first-order valence-electron chi connectivity index (χ1n) is 8.12. The Morgan fingerprint density at radius 3 is 2.23 bits per heavy atom. The van der Waals surface area contributed by atoms with E-state index >= 15 is 0 Å². The molecule has 0 saturated heterocycles. The minimum Gasteiger partial charge on any atom is -0.453 e. The highest BCUT2D eigenvalue weighted by Gasteiger charge is 2.20. The lowest BCUT2D eigenvalue weighted by molar-refractivity contribution is -0.145. The Morgan fingerprint density at radius 1 is 1.00 bits per heavy atom. The van der Waals surface area contributed by atoms with Crippen molar-refractivity contribution in [2.45, 2.75) is 26.9 Å². The SMILES string of the molecule is Cc1ccc(C(=O)[C@H](C)OC(=O)CNC(=O)c2ccc(Br)cc2)cc1C. The fraction of sp³-hybridized carbons (Fsp3) is 0.250. The number of hydrogen-bond donors (Lipinski definition) is 1. The smallest absolute Gasteiger partial charge is 0.326 e. The number of ether oxygens (including phenoxy) is 1. The minimum atomic E-state index is -0.922. The summed E-state index contributed by atoms with van der Waals surface area (Å²) >= 11 is 3.29. The zero-order valence-corrected chi connectivity index (χ0v) is 16.4. The number of esters is 1. The molecular formula is C20H20BrNO4. The van der Waals surface area contributed by atoms with Crippen LogP contribution in [0, 0.1) is 13.8 Å². The second-order valence-electron chi connectivity index (χ2n) is 5.98. The zero-order valence-electron chi connectivity index (χ0n) is 14.8. The van der Waals surface area contributed by atoms with Gasteiger partial charge in [0.25, 0.3) is 5.91 Å². The van der Waals surface area contributed by atoms with Gasteiger partial charge in [-0.1, -0.05) is 28.1 Å². The normalized spacial score (nSPS) is 11.5. The Balaban J connectivity index is 1.88. The van der Waals surface area contributed by atoms with Crippen molar-refractivity contribution < 1.29 is 19.1 Å². The molecule has 136 valence electrons. The first-order valence-corrected chi connectivity index (χ1v) is 8.92. The number of nitrogens with one attached hydrogen (secondary N) is 1. The molecule has 2 aromatic rings. The topological polar surface area (TPSA) is 72.5 Å². The van der Waals surface area contributed by atoms with Gasteiger partial charge in [0.2, 0.25) is 5.78 Å². The third-order valence-corrected chi connectivity index (χ3v) is 4.50. The molecule has 0 heterocycles. The standard InChI is InChI=1S/C20H20BrNO4/c1-12-4-5-16(10-13(12)2)19(24)14(3)26-18(23)11-22-20(25)15-6-8-17(21)9-7-15/h4-10,14H,11H2,1-3H3,(H,22,25)/t14-/m0/s1. The number of Topliss-reactive ketones (excluding diaryl/α,β-unsaturated/α-hetero) is 1. The summed E-state index contributed by atoms with van der Waals surface area (Å²) in [6.07, 6.45) is -0.922. The zero-order chi connectivity index (χ0) is 19.3. The molecule has 2 aromatic carbocycles. The third-order valence-electron chi connectivity index (χ3n) is 3.97. The van der Waals surface area contributed by atoms with Crippen LogP contribution in [0.5, 0.6) is 0 Å². The Kier molecular flexibility index (Phi) is 6.69. The second kappa shape index (κ2) is 8.76. The average molecular weight is 418 g/mol. The molecule has 0 aliphatic carbocycles. The van der Waals surface area contributed by atoms with E-state index in [1.165, 1.54) is 6.92 Å². The molecule has 1 amide bonds. The lowest BCUT2D eigenvalue weighted by atomic mass is 10.0. The molecule has 0 spiro atoms. The number of rotatable bonds is 6. The number of carbonyl (C=O) groups excluding carboxylic acids is 3. The molecule has 0 radical (unpaired) electrons. The van der Waals surface area contributed by atoms with Gasteiger partial charge in [-0.3, -0.25) is 14.4 Å². The van der Waals surface area contributed by atoms with Gasteiger partial charge < -0.3 is 10.1 Å². The molecule has 0 unspecified atom stereocenters. The van der Waals surface area contributed by atoms with Crippen molar-refractivity contribution in [3.05, 3.63) is 69.2 Å². The van der Waals surface area contributed by atoms with Gasteiger partial charge in [0.15, 0.2) is 6.10 Å². The van der Waals surface area contributed by atoms with Crippen molar-refractivity contribution in [2.75, 3.05) is 6.54 Å². The first-order chi connectivity index (χ1) is 12.3. The molecule has 1 N–H and O–H groups in total. The molecule has 5 nitrogen and oxygen atoms in total. The van der Waals surface area contributed by atoms with Crippen LogP contribution in [-0.2, 0) is 9.53 Å². The molecule has 0 bridgehead atoms. The quantitative estimate of drug-likeness (QED) is 0.575. The molecular weight excluding hydrogens is 398 g/mol. The van der Waals surface area contributed by atoms with E-state index in [0.717, 1.165) is 15.6 Å². The highest BCUT2D eigenvalue weighted by molar-refractivity contribution is 9.10. The van der Waals surface area contributed by atoms with Crippen molar-refractivity contribution in [3.8, 4) is 0 Å². The summed E-state index contributed by atoms with van der Waals surface area (Å²) in [5, 5.41) is 2.48. The Morgan fingerprint density at radius 2 is 1.62 bits per heavy atom. The van der Waals surface area contributed by atoms with Gasteiger partial charge in [-0.25, -0.2) is 0 Å². The summed E-state index contributed by atoms with van der Waals surface area (Å²) < 4.78 is 5.99. The number of amides is 1. The van der Waals surface area contributed by atoms with E-state index in [0.29, 0.717) is 11.1 Å². The summed E-state index contributed by atoms with van der Waals surface area (Å²) in [5.74, 6) is -1.33. The summed E-state index contributed by atoms with van der Waals surface area (Å²) in [6, 6.07) is 12.1. The van der Waals surface area contributed by atoms with Crippen molar-refractivity contribution in [2.24, 2.45) is 0 Å². The van der Waals surface area contributed by atoms with Crippen LogP contribution in [-0.4, -0.2) is 30.3 Å². The molecule has 2 rings (SSSR count). The Bertz CT molecular complexity index is 830. The van der Waals surface area contributed by atoms with Gasteiger partial charge in [0.1, 0.15) is 6.54 Å². The molecule has 0 aliphatic rings. The number of halogens is 1. The fourth-order valence-electron chi connectivity index (χ4n) is 2.28. The lowest BCUT2D eigenvalue weighted by Crippen LogP contribution is -2.34. The number of carbonyl (C=O) groups is 3. The van der Waals surface area contributed by atoms with Crippen molar-refractivity contribution in [1.82, 2.24) is 5.32 Å². The monoisotopic (exact) mass is 417 g/mol. The Labute approximate surface area is 160 Å². The maximum atomic E-state index is 12.4. The van der Waals surface area contributed by atoms with E-state index < -0.39 is 12.1 Å². The summed E-state index contributed by atoms with van der Waals surface area (Å²) in [4.78, 5) is 36.2. The summed E-state index contributed by atoms with van der Waals surface area (Å²) in [6.45, 7) is 5.09. The number of ketones is 1. The predicted octanol–water partition coefficient (Wildman–Crippen LogP) is 3.61. The minimum absolute atomic E-state index is 0.277. The Hall–Kier alpha value is -2.47. The van der Waals surface area contributed by atoms with Crippen LogP contribution in [0.25, 0.3) is 0 Å². The molecule has 1 atom stereocenters. The van der Waals surface area contributed by atoms with Crippen LogP contribution in [0.3, 0.4) is 0 Å². The van der Waals surface area contributed by atoms with Crippen LogP contribution < -0.4 is 5.32 Å². The van der Waals surface area contributed by atoms with Gasteiger partial charge in [-0.2, -0.15) is 0 Å². The molecule has 0 fully saturated rings. The van der Waals surface area contributed by atoms with E-state index in [2.05, 4.69) is 21.2 Å². The molecule has 6 heteroatoms. The van der Waals surface area contributed by atoms with Crippen LogP contribution >= 0.6 is 15.9 Å². The number of aryl methyl sites for hydroxylation is 2. The highest BCUT2D eigenvalue weighted by Crippen LogP contribution is 2.13. The second-order valence-corrected chi connectivity index (χ2v) is 6.90. The van der Waals surface area contributed by atoms with Crippen molar-refractivity contribution in [3.63, 3.8) is 0 Å². The molecule has 26 heavy (non-hydrogen) atoms. The van der Waals surface area contributed by atoms with Crippen LogP contribution in [0.15, 0.2) is 46.9 Å². The predicted molar refractivity (Wildman–Crippen MR) is 102 cm³/mol. The van der Waals surface area contributed by atoms with Gasteiger partial charge in [-0.15, -0.1) is 0 Å². The van der Waals surface area contributed by atoms with Gasteiger partial charge in [0.05, 0.1) is 0 Å². The summed E-state index contributed by atoms with van der Waals surface area (Å²) in [5.41, 5.74) is 3.01. The van der Waals surface area contributed by atoms with E-state index in [-0.39, 0.29) is 18.2 Å². The maximum absolute atomic E-state index is 12.4. The number of hydrogen-bond acceptors (Lipinski definition) is 4. The molecule has 0 saturated carbocycles. The summed E-state index contributed by atoms with van der Waals surface area (Å²) in [7, 11) is 0. The van der Waals surface area contributed by atoms with E-state index in [9.17, 15) is 14.4 Å². The van der Waals surface area contributed by atoms with E-state index in [4.69, 9.17) is 4.74 Å². The first kappa shape index (κ1) is 19.8. The van der Waals surface area contributed by atoms with E-state index in [1.807, 2.05) is 19.9 Å². The van der Waals surface area contributed by atoms with Gasteiger partial charge in [0, 0.05) is 15.6 Å². The number of benzene rings is 2. The van der Waals surface area contributed by atoms with E-state index in [1.54, 1.807) is 36.4 Å². The molecule has 0 aliphatic heterocycles.